The average molecular weight is 353 g/mol. The second kappa shape index (κ2) is 6.30. The van der Waals surface area contributed by atoms with Crippen LogP contribution in [0.1, 0.15) is 35.8 Å². The van der Waals surface area contributed by atoms with Crippen LogP contribution in [0.5, 0.6) is 0 Å². The number of nitrogens with zero attached hydrogens (tertiary/aromatic N) is 2. The lowest BCUT2D eigenvalue weighted by atomic mass is 10.1. The number of methoxy groups -OCH3 is 1. The lowest BCUT2D eigenvalue weighted by Gasteiger charge is -2.08. The molecule has 0 spiro atoms. The highest BCUT2D eigenvalue weighted by Crippen LogP contribution is 2.20. The first kappa shape index (κ1) is 15.6. The largest absolute Gasteiger partial charge is 0.465 e. The van der Waals surface area contributed by atoms with Crippen LogP contribution < -0.4 is 5.69 Å². The van der Waals surface area contributed by atoms with Crippen molar-refractivity contribution in [2.45, 2.75) is 26.4 Å². The van der Waals surface area contributed by atoms with Gasteiger partial charge in [-0.3, -0.25) is 9.13 Å². The molecule has 0 radical (unpaired) electrons. The minimum atomic E-state index is -0.384. The molecule has 2 aromatic rings. The first-order valence-corrected chi connectivity index (χ1v) is 7.37. The highest BCUT2D eigenvalue weighted by atomic mass is 79.9. The van der Waals surface area contributed by atoms with Crippen LogP contribution in [0.3, 0.4) is 0 Å². The van der Waals surface area contributed by atoms with Crippen LogP contribution in [0.15, 0.2) is 39.9 Å². The van der Waals surface area contributed by atoms with E-state index in [4.69, 9.17) is 0 Å². The summed E-state index contributed by atoms with van der Waals surface area (Å²) in [6, 6.07) is 5.33. The Labute approximate surface area is 131 Å². The van der Waals surface area contributed by atoms with E-state index >= 15 is 0 Å². The van der Waals surface area contributed by atoms with Crippen molar-refractivity contribution in [1.82, 2.24) is 9.13 Å². The quantitative estimate of drug-likeness (QED) is 0.795. The van der Waals surface area contributed by atoms with Gasteiger partial charge in [0, 0.05) is 22.9 Å². The Hall–Kier alpha value is -1.82. The zero-order valence-electron chi connectivity index (χ0n) is 12.2. The second-order valence-electron chi connectivity index (χ2n) is 5.01. The van der Waals surface area contributed by atoms with Gasteiger partial charge in [-0.25, -0.2) is 9.59 Å². The van der Waals surface area contributed by atoms with Crippen LogP contribution in [-0.4, -0.2) is 22.2 Å². The average Bonchev–Trinajstić information content (AvgIpc) is 2.81. The lowest BCUT2D eigenvalue weighted by Crippen LogP contribution is -2.25. The number of carbonyl (C=O) groups is 1. The molecule has 0 atom stereocenters. The van der Waals surface area contributed by atoms with E-state index in [0.29, 0.717) is 12.1 Å². The first-order chi connectivity index (χ1) is 9.93. The minimum Gasteiger partial charge on any atom is -0.465 e. The van der Waals surface area contributed by atoms with Crippen molar-refractivity contribution in [3.05, 3.63) is 56.7 Å². The van der Waals surface area contributed by atoms with E-state index in [2.05, 4.69) is 20.7 Å². The van der Waals surface area contributed by atoms with Gasteiger partial charge < -0.3 is 4.74 Å². The molecule has 1 heterocycles. The molecule has 0 bridgehead atoms. The summed E-state index contributed by atoms with van der Waals surface area (Å²) in [5.74, 6) is -0.384. The maximum absolute atomic E-state index is 12.2. The number of hydrogen-bond donors (Lipinski definition) is 0. The zero-order valence-corrected chi connectivity index (χ0v) is 13.8. The Morgan fingerprint density at radius 3 is 2.57 bits per heavy atom. The van der Waals surface area contributed by atoms with Gasteiger partial charge in [0.2, 0.25) is 0 Å². The van der Waals surface area contributed by atoms with Gasteiger partial charge in [-0.1, -0.05) is 22.0 Å². The van der Waals surface area contributed by atoms with Crippen molar-refractivity contribution in [2.75, 3.05) is 7.11 Å². The Kier molecular flexibility index (Phi) is 4.67. The van der Waals surface area contributed by atoms with E-state index in [-0.39, 0.29) is 17.7 Å². The molecule has 5 nitrogen and oxygen atoms in total. The Balaban J connectivity index is 2.28. The molecule has 0 amide bonds. The molecule has 0 fully saturated rings. The fourth-order valence-corrected chi connectivity index (χ4v) is 2.55. The van der Waals surface area contributed by atoms with Crippen LogP contribution in [0.2, 0.25) is 0 Å². The third kappa shape index (κ3) is 3.26. The van der Waals surface area contributed by atoms with E-state index in [1.807, 2.05) is 19.9 Å². The molecule has 0 aliphatic carbocycles. The number of rotatable bonds is 4. The third-order valence-corrected chi connectivity index (χ3v) is 3.98. The molecule has 0 aliphatic heterocycles. The number of halogens is 1. The summed E-state index contributed by atoms with van der Waals surface area (Å²) in [6.45, 7) is 4.38. The molecule has 21 heavy (non-hydrogen) atoms. The van der Waals surface area contributed by atoms with E-state index in [9.17, 15) is 9.59 Å². The first-order valence-electron chi connectivity index (χ1n) is 6.58. The van der Waals surface area contributed by atoms with Crippen molar-refractivity contribution in [2.24, 2.45) is 0 Å². The van der Waals surface area contributed by atoms with E-state index < -0.39 is 0 Å². The van der Waals surface area contributed by atoms with Gasteiger partial charge in [-0.05, 0) is 31.5 Å². The molecule has 6 heteroatoms. The number of aromatic nitrogens is 2. The van der Waals surface area contributed by atoms with Crippen molar-refractivity contribution in [1.29, 1.82) is 0 Å². The Morgan fingerprint density at radius 2 is 2.05 bits per heavy atom. The van der Waals surface area contributed by atoms with Crippen molar-refractivity contribution >= 4 is 21.9 Å². The maximum atomic E-state index is 12.2. The van der Waals surface area contributed by atoms with E-state index in [1.165, 1.54) is 7.11 Å². The van der Waals surface area contributed by atoms with Crippen LogP contribution >= 0.6 is 15.9 Å². The lowest BCUT2D eigenvalue weighted by molar-refractivity contribution is 0.0600. The van der Waals surface area contributed by atoms with Crippen LogP contribution in [0.4, 0.5) is 0 Å². The number of hydrogen-bond acceptors (Lipinski definition) is 3. The topological polar surface area (TPSA) is 53.2 Å². The highest BCUT2D eigenvalue weighted by molar-refractivity contribution is 9.10. The van der Waals surface area contributed by atoms with Gasteiger partial charge >= 0.3 is 11.7 Å². The fourth-order valence-electron chi connectivity index (χ4n) is 2.05. The standard InChI is InChI=1S/C15H17BrN2O3/c1-10(2)18-7-6-17(15(18)20)9-12-5-4-11(8-13(12)16)14(19)21-3/h4-8,10H,9H2,1-3H3. The van der Waals surface area contributed by atoms with Crippen LogP contribution in [-0.2, 0) is 11.3 Å². The second-order valence-corrected chi connectivity index (χ2v) is 5.86. The molecule has 0 unspecified atom stereocenters. The summed E-state index contributed by atoms with van der Waals surface area (Å²) >= 11 is 3.43. The SMILES string of the molecule is COC(=O)c1ccc(Cn2ccn(C(C)C)c2=O)c(Br)c1. The van der Waals surface area contributed by atoms with E-state index in [1.54, 1.807) is 33.7 Å². The predicted octanol–water partition coefficient (Wildman–Crippen LogP) is 2.83. The monoisotopic (exact) mass is 352 g/mol. The summed E-state index contributed by atoms with van der Waals surface area (Å²) in [5, 5.41) is 0. The molecule has 0 N–H and O–H groups in total. The smallest absolute Gasteiger partial charge is 0.337 e. The number of imidazole rings is 1. The number of carbonyl (C=O) groups excluding carboxylic acids is 1. The van der Waals surface area contributed by atoms with Gasteiger partial charge in [0.15, 0.2) is 0 Å². The molecular weight excluding hydrogens is 336 g/mol. The van der Waals surface area contributed by atoms with Crippen molar-refractivity contribution < 1.29 is 9.53 Å². The molecule has 1 aromatic carbocycles. The van der Waals surface area contributed by atoms with Crippen LogP contribution in [0, 0.1) is 0 Å². The molecular formula is C15H17BrN2O3. The van der Waals surface area contributed by atoms with E-state index in [0.717, 1.165) is 10.0 Å². The summed E-state index contributed by atoms with van der Waals surface area (Å²) in [4.78, 5) is 23.7. The fraction of sp³-hybridized carbons (Fsp3) is 0.333. The maximum Gasteiger partial charge on any atom is 0.337 e. The Bertz CT molecular complexity index is 716. The molecule has 112 valence electrons. The third-order valence-electron chi connectivity index (χ3n) is 3.24. The van der Waals surface area contributed by atoms with Crippen LogP contribution in [0.25, 0.3) is 0 Å². The number of ether oxygens (including phenoxy) is 1. The highest BCUT2D eigenvalue weighted by Gasteiger charge is 2.11. The summed E-state index contributed by atoms with van der Waals surface area (Å²) in [7, 11) is 1.35. The Morgan fingerprint density at radius 1 is 1.33 bits per heavy atom. The molecule has 0 saturated heterocycles. The minimum absolute atomic E-state index is 0.0473. The molecule has 0 aliphatic rings. The summed E-state index contributed by atoms with van der Waals surface area (Å²) < 4.78 is 8.77. The van der Waals surface area contributed by atoms with Gasteiger partial charge in [0.05, 0.1) is 19.2 Å². The van der Waals surface area contributed by atoms with Gasteiger partial charge in [-0.15, -0.1) is 0 Å². The van der Waals surface area contributed by atoms with Gasteiger partial charge in [0.1, 0.15) is 0 Å². The van der Waals surface area contributed by atoms with Gasteiger partial charge in [-0.2, -0.15) is 0 Å². The predicted molar refractivity (Wildman–Crippen MR) is 83.7 cm³/mol. The van der Waals surface area contributed by atoms with Crippen molar-refractivity contribution in [3.8, 4) is 0 Å². The molecule has 0 saturated carbocycles. The summed E-state index contributed by atoms with van der Waals surface area (Å²) in [6.07, 6.45) is 3.55. The summed E-state index contributed by atoms with van der Waals surface area (Å²) in [5.41, 5.74) is 1.35. The number of esters is 1. The number of benzene rings is 1. The van der Waals surface area contributed by atoms with Gasteiger partial charge in [0.25, 0.3) is 0 Å². The zero-order chi connectivity index (χ0) is 15.6. The molecule has 1 aromatic heterocycles. The van der Waals surface area contributed by atoms with Crippen molar-refractivity contribution in [3.63, 3.8) is 0 Å². The normalized spacial score (nSPS) is 10.9. The molecule has 2 rings (SSSR count).